The molecule has 0 saturated heterocycles. The van der Waals surface area contributed by atoms with Gasteiger partial charge in [-0.05, 0) is 37.0 Å². The summed E-state index contributed by atoms with van der Waals surface area (Å²) in [4.78, 5) is 14.0. The molecule has 6 heteroatoms. The fraction of sp³-hybridized carbons (Fsp3) is 0.588. The van der Waals surface area contributed by atoms with E-state index in [2.05, 4.69) is 0 Å². The van der Waals surface area contributed by atoms with Gasteiger partial charge in [-0.25, -0.2) is 12.8 Å². The van der Waals surface area contributed by atoms with E-state index in [0.717, 1.165) is 24.8 Å². The van der Waals surface area contributed by atoms with Crippen LogP contribution in [0.25, 0.3) is 0 Å². The summed E-state index contributed by atoms with van der Waals surface area (Å²) < 4.78 is 37.1. The molecule has 128 valence electrons. The van der Waals surface area contributed by atoms with Crippen LogP contribution in [0, 0.1) is 5.82 Å². The first-order chi connectivity index (χ1) is 10.8. The lowest BCUT2D eigenvalue weighted by Gasteiger charge is -2.37. The van der Waals surface area contributed by atoms with Crippen LogP contribution in [0.3, 0.4) is 0 Å². The van der Waals surface area contributed by atoms with Crippen LogP contribution in [0.1, 0.15) is 37.7 Å². The molecule has 1 saturated carbocycles. The molecule has 1 fully saturated rings. The van der Waals surface area contributed by atoms with Crippen molar-refractivity contribution in [3.8, 4) is 0 Å². The number of carbonyl (C=O) groups excluding carboxylic acids is 1. The van der Waals surface area contributed by atoms with Gasteiger partial charge in [0.05, 0.1) is 5.25 Å². The van der Waals surface area contributed by atoms with E-state index in [9.17, 15) is 17.6 Å². The Morgan fingerprint density at radius 3 is 2.65 bits per heavy atom. The van der Waals surface area contributed by atoms with Crippen LogP contribution in [0.4, 0.5) is 4.39 Å². The van der Waals surface area contributed by atoms with Crippen LogP contribution in [-0.4, -0.2) is 43.8 Å². The minimum Gasteiger partial charge on any atom is -0.341 e. The molecule has 0 unspecified atom stereocenters. The highest BCUT2D eigenvalue weighted by Gasteiger charge is 2.36. The van der Waals surface area contributed by atoms with Crippen LogP contribution >= 0.6 is 0 Å². The highest BCUT2D eigenvalue weighted by molar-refractivity contribution is 7.91. The molecule has 0 aromatic heterocycles. The summed E-state index contributed by atoms with van der Waals surface area (Å²) in [5.74, 6) is -0.400. The topological polar surface area (TPSA) is 54.5 Å². The minimum atomic E-state index is -3.17. The van der Waals surface area contributed by atoms with Gasteiger partial charge in [-0.1, -0.05) is 25.0 Å². The van der Waals surface area contributed by atoms with E-state index >= 15 is 0 Å². The number of sulfone groups is 1. The Balaban J connectivity index is 2.00. The van der Waals surface area contributed by atoms with Gasteiger partial charge in [-0.2, -0.15) is 0 Å². The molecule has 1 aliphatic carbocycles. The molecule has 2 rings (SSSR count). The molecule has 1 aliphatic rings. The molecule has 23 heavy (non-hydrogen) atoms. The van der Waals surface area contributed by atoms with E-state index in [1.165, 1.54) is 18.4 Å². The monoisotopic (exact) mass is 341 g/mol. The predicted molar refractivity (Wildman–Crippen MR) is 88.4 cm³/mol. The van der Waals surface area contributed by atoms with Crippen LogP contribution in [0.2, 0.25) is 0 Å². The van der Waals surface area contributed by atoms with Crippen LogP contribution in [-0.2, 0) is 21.1 Å². The van der Waals surface area contributed by atoms with E-state index in [1.54, 1.807) is 24.1 Å². The van der Waals surface area contributed by atoms with Crippen molar-refractivity contribution in [3.05, 3.63) is 35.6 Å². The molecule has 0 heterocycles. The Labute approximate surface area is 137 Å². The number of hydrogen-bond acceptors (Lipinski definition) is 3. The maximum Gasteiger partial charge on any atom is 0.222 e. The van der Waals surface area contributed by atoms with Crippen molar-refractivity contribution in [2.75, 3.05) is 13.3 Å². The third-order valence-corrected chi connectivity index (χ3v) is 6.27. The van der Waals surface area contributed by atoms with E-state index in [1.807, 2.05) is 0 Å². The zero-order valence-electron chi connectivity index (χ0n) is 13.7. The van der Waals surface area contributed by atoms with Gasteiger partial charge in [0.1, 0.15) is 5.82 Å². The molecule has 1 amide bonds. The maximum absolute atomic E-state index is 13.2. The lowest BCUT2D eigenvalue weighted by molar-refractivity contribution is -0.132. The molecule has 0 radical (unpaired) electrons. The van der Waals surface area contributed by atoms with Crippen molar-refractivity contribution >= 4 is 15.7 Å². The Morgan fingerprint density at radius 1 is 1.30 bits per heavy atom. The van der Waals surface area contributed by atoms with E-state index < -0.39 is 15.1 Å². The Kier molecular flexibility index (Phi) is 5.79. The summed E-state index contributed by atoms with van der Waals surface area (Å²) in [6.07, 6.45) is 5.13. The summed E-state index contributed by atoms with van der Waals surface area (Å²) in [7, 11) is -1.49. The summed E-state index contributed by atoms with van der Waals surface area (Å²) in [5.41, 5.74) is 0.773. The fourth-order valence-electron chi connectivity index (χ4n) is 3.32. The van der Waals surface area contributed by atoms with Gasteiger partial charge in [0.25, 0.3) is 0 Å². The van der Waals surface area contributed by atoms with Gasteiger partial charge >= 0.3 is 0 Å². The first-order valence-corrected chi connectivity index (χ1v) is 9.93. The summed E-state index contributed by atoms with van der Waals surface area (Å²) in [6.45, 7) is 0. The van der Waals surface area contributed by atoms with Crippen molar-refractivity contribution in [2.45, 2.75) is 49.8 Å². The molecule has 0 bridgehead atoms. The molecule has 0 aliphatic heterocycles. The number of amides is 1. The highest BCUT2D eigenvalue weighted by Crippen LogP contribution is 2.27. The Morgan fingerprint density at radius 2 is 2.00 bits per heavy atom. The first-order valence-electron chi connectivity index (χ1n) is 7.98. The lowest BCUT2D eigenvalue weighted by Crippen LogP contribution is -2.49. The molecular weight excluding hydrogens is 317 g/mol. The van der Waals surface area contributed by atoms with Gasteiger partial charge in [0, 0.05) is 25.8 Å². The third-order valence-electron chi connectivity index (χ3n) is 4.63. The normalized spacial score (nSPS) is 21.9. The highest BCUT2D eigenvalue weighted by atomic mass is 32.2. The second kappa shape index (κ2) is 7.43. The lowest BCUT2D eigenvalue weighted by atomic mass is 9.93. The van der Waals surface area contributed by atoms with Crippen molar-refractivity contribution in [2.24, 2.45) is 0 Å². The molecule has 1 aromatic carbocycles. The second-order valence-electron chi connectivity index (χ2n) is 6.35. The average molecular weight is 341 g/mol. The van der Waals surface area contributed by atoms with Crippen LogP contribution in [0.15, 0.2) is 24.3 Å². The van der Waals surface area contributed by atoms with Crippen molar-refractivity contribution in [3.63, 3.8) is 0 Å². The smallest absolute Gasteiger partial charge is 0.222 e. The van der Waals surface area contributed by atoms with Crippen molar-refractivity contribution in [1.29, 1.82) is 0 Å². The van der Waals surface area contributed by atoms with Crippen LogP contribution in [0.5, 0.6) is 0 Å². The van der Waals surface area contributed by atoms with Crippen molar-refractivity contribution < 1.29 is 17.6 Å². The Hall–Kier alpha value is -1.43. The summed E-state index contributed by atoms with van der Waals surface area (Å²) >= 11 is 0. The standard InChI is InChI=1S/C17H24FNO3S/c1-19(15-8-3-4-9-16(15)23(2,21)22)17(20)11-10-13-6-5-7-14(18)12-13/h5-7,12,15-16H,3-4,8-11H2,1-2H3/t15-,16-/m1/s1. The van der Waals surface area contributed by atoms with E-state index in [4.69, 9.17) is 0 Å². The zero-order chi connectivity index (χ0) is 17.0. The summed E-state index contributed by atoms with van der Waals surface area (Å²) in [5, 5.41) is -0.473. The van der Waals surface area contributed by atoms with Gasteiger partial charge in [0.2, 0.25) is 5.91 Å². The molecule has 4 nitrogen and oxygen atoms in total. The Bertz CT molecular complexity index is 660. The van der Waals surface area contributed by atoms with Gasteiger partial charge < -0.3 is 4.90 Å². The first kappa shape index (κ1) is 17.9. The maximum atomic E-state index is 13.2. The van der Waals surface area contributed by atoms with Crippen molar-refractivity contribution in [1.82, 2.24) is 4.90 Å². The fourth-order valence-corrected chi connectivity index (χ4v) is 4.81. The van der Waals surface area contributed by atoms with Crippen LogP contribution < -0.4 is 0 Å². The average Bonchev–Trinajstić information content (AvgIpc) is 2.51. The largest absolute Gasteiger partial charge is 0.341 e. The van der Waals surface area contributed by atoms with Gasteiger partial charge in [-0.3, -0.25) is 4.79 Å². The molecule has 1 aromatic rings. The van der Waals surface area contributed by atoms with Gasteiger partial charge in [0.15, 0.2) is 9.84 Å². The molecular formula is C17H24FNO3S. The molecule has 0 N–H and O–H groups in total. The molecule has 2 atom stereocenters. The number of rotatable bonds is 5. The number of nitrogens with zero attached hydrogens (tertiary/aromatic N) is 1. The number of benzene rings is 1. The van der Waals surface area contributed by atoms with E-state index in [0.29, 0.717) is 12.8 Å². The third kappa shape index (κ3) is 4.77. The molecule has 0 spiro atoms. The number of carbonyl (C=O) groups is 1. The number of hydrogen-bond donors (Lipinski definition) is 0. The number of halogens is 1. The van der Waals surface area contributed by atoms with E-state index in [-0.39, 0.29) is 24.2 Å². The minimum absolute atomic E-state index is 0.0881. The number of aryl methyl sites for hydroxylation is 1. The van der Waals surface area contributed by atoms with Gasteiger partial charge in [-0.15, -0.1) is 0 Å². The predicted octanol–water partition coefficient (Wildman–Crippen LogP) is 2.57. The summed E-state index contributed by atoms with van der Waals surface area (Å²) in [6, 6.07) is 5.96. The SMILES string of the molecule is CN(C(=O)CCc1cccc(F)c1)[C@@H]1CCCC[C@H]1S(C)(=O)=O. The zero-order valence-corrected chi connectivity index (χ0v) is 14.5. The second-order valence-corrected chi connectivity index (χ2v) is 8.62. The quantitative estimate of drug-likeness (QED) is 0.827.